The highest BCUT2D eigenvalue weighted by molar-refractivity contribution is 5.93. The molecule has 4 nitrogen and oxygen atoms in total. The fraction of sp³-hybridized carbons (Fsp3) is 0.818. The first-order chi connectivity index (χ1) is 12.6. The number of hydrogen-bond donors (Lipinski definition) is 0. The summed E-state index contributed by atoms with van der Waals surface area (Å²) in [5, 5.41) is 0. The zero-order valence-corrected chi connectivity index (χ0v) is 17.2. The lowest BCUT2D eigenvalue weighted by atomic mass is 10.0. The van der Waals surface area contributed by atoms with Gasteiger partial charge in [0.25, 0.3) is 0 Å². The number of unbranched alkanes of at least 4 members (excludes halogenated alkanes) is 13. The van der Waals surface area contributed by atoms with Gasteiger partial charge in [0.1, 0.15) is 0 Å². The van der Waals surface area contributed by atoms with Gasteiger partial charge in [-0.3, -0.25) is 4.79 Å². The van der Waals surface area contributed by atoms with Crippen LogP contribution < -0.4 is 0 Å². The second kappa shape index (κ2) is 18.5. The maximum absolute atomic E-state index is 11.6. The Morgan fingerprint density at radius 3 is 1.58 bits per heavy atom. The summed E-state index contributed by atoms with van der Waals surface area (Å²) >= 11 is 0. The Morgan fingerprint density at radius 2 is 1.15 bits per heavy atom. The highest BCUT2D eigenvalue weighted by Crippen LogP contribution is 2.13. The van der Waals surface area contributed by atoms with E-state index < -0.39 is 11.9 Å². The van der Waals surface area contributed by atoms with E-state index in [9.17, 15) is 9.59 Å². The van der Waals surface area contributed by atoms with Gasteiger partial charge in [-0.15, -0.1) is 0 Å². The van der Waals surface area contributed by atoms with Gasteiger partial charge in [0.2, 0.25) is 0 Å². The van der Waals surface area contributed by atoms with E-state index in [1.165, 1.54) is 84.2 Å². The van der Waals surface area contributed by atoms with Crippen LogP contribution in [0.4, 0.5) is 0 Å². The molecule has 0 rings (SSSR count). The Hall–Kier alpha value is -1.32. The average molecular weight is 369 g/mol. The number of rotatable bonds is 18. The maximum Gasteiger partial charge on any atom is 0.333 e. The molecular weight excluding hydrogens is 328 g/mol. The third kappa shape index (κ3) is 16.2. The van der Waals surface area contributed by atoms with Crippen molar-refractivity contribution in [3.8, 4) is 0 Å². The van der Waals surface area contributed by atoms with Gasteiger partial charge in [-0.25, -0.2) is 4.79 Å². The topological polar surface area (TPSA) is 52.6 Å². The normalized spacial score (nSPS) is 10.5. The summed E-state index contributed by atoms with van der Waals surface area (Å²) in [7, 11) is 1.29. The van der Waals surface area contributed by atoms with Crippen LogP contribution in [-0.2, 0) is 19.1 Å². The van der Waals surface area contributed by atoms with Gasteiger partial charge in [0.15, 0.2) is 0 Å². The number of ether oxygens (including phenoxy) is 2. The molecule has 0 heterocycles. The lowest BCUT2D eigenvalue weighted by Crippen LogP contribution is -2.12. The summed E-state index contributed by atoms with van der Waals surface area (Å²) in [5.41, 5.74) is 0.155. The molecule has 0 N–H and O–H groups in total. The van der Waals surface area contributed by atoms with E-state index >= 15 is 0 Å². The van der Waals surface area contributed by atoms with Gasteiger partial charge in [0.05, 0.1) is 20.1 Å². The minimum absolute atomic E-state index is 0.103. The number of hydrogen-bond acceptors (Lipinski definition) is 4. The summed E-state index contributed by atoms with van der Waals surface area (Å²) in [5.74, 6) is -0.964. The molecule has 152 valence electrons. The molecule has 0 bridgehead atoms. The molecule has 0 radical (unpaired) electrons. The summed E-state index contributed by atoms with van der Waals surface area (Å²) in [6.45, 7) is 6.22. The van der Waals surface area contributed by atoms with Crippen LogP contribution in [0.5, 0.6) is 0 Å². The SMILES string of the molecule is C=C(CC(=O)OC)C(=O)OCCCCCCCCCCCCCCCC. The van der Waals surface area contributed by atoms with Crippen molar-refractivity contribution >= 4 is 11.9 Å². The van der Waals surface area contributed by atoms with Gasteiger partial charge < -0.3 is 9.47 Å². The van der Waals surface area contributed by atoms with Gasteiger partial charge in [-0.05, 0) is 6.42 Å². The van der Waals surface area contributed by atoms with Crippen molar-refractivity contribution in [1.82, 2.24) is 0 Å². The standard InChI is InChI=1S/C22H40O4/c1-4-5-6-7-8-9-10-11-12-13-14-15-16-17-18-26-22(24)20(2)19-21(23)25-3/h2,4-19H2,1,3H3. The Kier molecular flexibility index (Phi) is 17.5. The molecule has 0 aromatic rings. The summed E-state index contributed by atoms with van der Waals surface area (Å²) < 4.78 is 9.60. The van der Waals surface area contributed by atoms with Crippen LogP contribution in [0.3, 0.4) is 0 Å². The Morgan fingerprint density at radius 1 is 0.731 bits per heavy atom. The lowest BCUT2D eigenvalue weighted by molar-refractivity contribution is -0.144. The highest BCUT2D eigenvalue weighted by Gasteiger charge is 2.12. The van der Waals surface area contributed by atoms with Crippen molar-refractivity contribution in [2.75, 3.05) is 13.7 Å². The zero-order chi connectivity index (χ0) is 19.5. The van der Waals surface area contributed by atoms with E-state index in [0.717, 1.165) is 12.8 Å². The van der Waals surface area contributed by atoms with Gasteiger partial charge in [-0.1, -0.05) is 97.0 Å². The van der Waals surface area contributed by atoms with Crippen LogP contribution in [0, 0.1) is 0 Å². The molecule has 0 aromatic heterocycles. The molecule has 0 saturated heterocycles. The molecule has 0 fully saturated rings. The molecule has 0 unspecified atom stereocenters. The molecule has 0 saturated carbocycles. The summed E-state index contributed by atoms with van der Waals surface area (Å²) in [6.07, 6.45) is 18.1. The lowest BCUT2D eigenvalue weighted by Gasteiger charge is -2.06. The van der Waals surface area contributed by atoms with Crippen LogP contribution in [-0.4, -0.2) is 25.7 Å². The van der Waals surface area contributed by atoms with Crippen LogP contribution in [0.25, 0.3) is 0 Å². The monoisotopic (exact) mass is 368 g/mol. The fourth-order valence-corrected chi connectivity index (χ4v) is 2.88. The molecule has 0 amide bonds. The van der Waals surface area contributed by atoms with E-state index in [2.05, 4.69) is 18.2 Å². The number of methoxy groups -OCH3 is 1. The first-order valence-corrected chi connectivity index (χ1v) is 10.5. The van der Waals surface area contributed by atoms with E-state index in [1.807, 2.05) is 0 Å². The Bertz CT molecular complexity index is 376. The average Bonchev–Trinajstić information content (AvgIpc) is 2.64. The van der Waals surface area contributed by atoms with Crippen LogP contribution in [0.2, 0.25) is 0 Å². The second-order valence-electron chi connectivity index (χ2n) is 7.09. The van der Waals surface area contributed by atoms with Crippen molar-refractivity contribution in [1.29, 1.82) is 0 Å². The molecule has 26 heavy (non-hydrogen) atoms. The maximum atomic E-state index is 11.6. The van der Waals surface area contributed by atoms with Crippen LogP contribution in [0.1, 0.15) is 103 Å². The van der Waals surface area contributed by atoms with Gasteiger partial charge in [-0.2, -0.15) is 0 Å². The zero-order valence-electron chi connectivity index (χ0n) is 17.2. The number of carbonyl (C=O) groups is 2. The van der Waals surface area contributed by atoms with Crippen molar-refractivity contribution in [3.05, 3.63) is 12.2 Å². The molecule has 0 aromatic carbocycles. The molecule has 4 heteroatoms. The van der Waals surface area contributed by atoms with E-state index in [-0.39, 0.29) is 12.0 Å². The van der Waals surface area contributed by atoms with Crippen molar-refractivity contribution in [3.63, 3.8) is 0 Å². The number of carbonyl (C=O) groups excluding carboxylic acids is 2. The number of esters is 2. The van der Waals surface area contributed by atoms with Crippen molar-refractivity contribution in [2.24, 2.45) is 0 Å². The fourth-order valence-electron chi connectivity index (χ4n) is 2.88. The van der Waals surface area contributed by atoms with E-state index in [0.29, 0.717) is 6.61 Å². The largest absolute Gasteiger partial charge is 0.469 e. The molecule has 0 spiro atoms. The molecule has 0 atom stereocenters. The molecule has 0 aliphatic heterocycles. The first kappa shape index (κ1) is 24.7. The Balaban J connectivity index is 3.27. The second-order valence-corrected chi connectivity index (χ2v) is 7.09. The summed E-state index contributed by atoms with van der Waals surface area (Å²) in [4.78, 5) is 22.6. The van der Waals surface area contributed by atoms with Gasteiger partial charge >= 0.3 is 11.9 Å². The van der Waals surface area contributed by atoms with Crippen molar-refractivity contribution in [2.45, 2.75) is 103 Å². The highest BCUT2D eigenvalue weighted by atomic mass is 16.5. The predicted octanol–water partition coefficient (Wildman–Crippen LogP) is 6.13. The Labute approximate surface area is 160 Å². The van der Waals surface area contributed by atoms with Crippen LogP contribution in [0.15, 0.2) is 12.2 Å². The third-order valence-electron chi connectivity index (χ3n) is 4.61. The van der Waals surface area contributed by atoms with Crippen LogP contribution >= 0.6 is 0 Å². The van der Waals surface area contributed by atoms with E-state index in [1.54, 1.807) is 0 Å². The van der Waals surface area contributed by atoms with Gasteiger partial charge in [0, 0.05) is 5.57 Å². The molecule has 0 aliphatic carbocycles. The quantitative estimate of drug-likeness (QED) is 0.166. The van der Waals surface area contributed by atoms with Crippen molar-refractivity contribution < 1.29 is 19.1 Å². The minimum atomic E-state index is -0.495. The minimum Gasteiger partial charge on any atom is -0.469 e. The molecular formula is C22H40O4. The third-order valence-corrected chi connectivity index (χ3v) is 4.61. The first-order valence-electron chi connectivity index (χ1n) is 10.5. The smallest absolute Gasteiger partial charge is 0.333 e. The molecule has 0 aliphatic rings. The summed E-state index contributed by atoms with van der Waals surface area (Å²) in [6, 6.07) is 0. The predicted molar refractivity (Wildman–Crippen MR) is 107 cm³/mol. The van der Waals surface area contributed by atoms with E-state index in [4.69, 9.17) is 4.74 Å².